The SMILES string of the molecule is CCC(C)C(O)CNC(=O)c1[nH]c2ccc(C)cc2c1C. The highest BCUT2D eigenvalue weighted by molar-refractivity contribution is 6.01. The zero-order valence-electron chi connectivity index (χ0n) is 13.2. The molecule has 2 atom stereocenters. The minimum absolute atomic E-state index is 0.163. The number of nitrogens with one attached hydrogen (secondary N) is 2. The molecule has 1 amide bonds. The molecule has 0 aliphatic rings. The number of H-pyrrole nitrogens is 1. The number of aryl methyl sites for hydroxylation is 2. The lowest BCUT2D eigenvalue weighted by Crippen LogP contribution is -2.35. The number of hydrogen-bond donors (Lipinski definition) is 3. The van der Waals surface area contributed by atoms with Gasteiger partial charge in [0, 0.05) is 17.4 Å². The van der Waals surface area contributed by atoms with E-state index in [-0.39, 0.29) is 18.4 Å². The standard InChI is InChI=1S/C17H24N2O2/c1-5-11(3)15(20)9-18-17(21)16-12(4)13-8-10(2)6-7-14(13)19-16/h6-8,11,15,19-20H,5,9H2,1-4H3,(H,18,21). The number of fused-ring (bicyclic) bond motifs is 1. The first-order valence-electron chi connectivity index (χ1n) is 7.49. The fourth-order valence-corrected chi connectivity index (χ4v) is 2.43. The van der Waals surface area contributed by atoms with Gasteiger partial charge in [-0.25, -0.2) is 0 Å². The number of aliphatic hydroxyl groups is 1. The summed E-state index contributed by atoms with van der Waals surface area (Å²) < 4.78 is 0. The molecule has 1 aromatic heterocycles. The van der Waals surface area contributed by atoms with Crippen molar-refractivity contribution in [2.75, 3.05) is 6.54 Å². The van der Waals surface area contributed by atoms with Crippen LogP contribution in [0.3, 0.4) is 0 Å². The van der Waals surface area contributed by atoms with E-state index in [4.69, 9.17) is 0 Å². The molecule has 2 aromatic rings. The number of rotatable bonds is 5. The minimum atomic E-state index is -0.508. The van der Waals surface area contributed by atoms with Crippen molar-refractivity contribution in [3.63, 3.8) is 0 Å². The Bertz CT molecular complexity index is 646. The molecule has 4 nitrogen and oxygen atoms in total. The molecular weight excluding hydrogens is 264 g/mol. The molecule has 114 valence electrons. The smallest absolute Gasteiger partial charge is 0.268 e. The maximum Gasteiger partial charge on any atom is 0.268 e. The van der Waals surface area contributed by atoms with E-state index >= 15 is 0 Å². The van der Waals surface area contributed by atoms with Gasteiger partial charge in [0.1, 0.15) is 5.69 Å². The fourth-order valence-electron chi connectivity index (χ4n) is 2.43. The molecule has 0 fully saturated rings. The summed E-state index contributed by atoms with van der Waals surface area (Å²) in [5.74, 6) is 0.0143. The molecule has 2 rings (SSSR count). The van der Waals surface area contributed by atoms with Crippen molar-refractivity contribution in [3.8, 4) is 0 Å². The average Bonchev–Trinajstić information content (AvgIpc) is 2.80. The predicted molar refractivity (Wildman–Crippen MR) is 85.6 cm³/mol. The number of aliphatic hydroxyl groups excluding tert-OH is 1. The summed E-state index contributed by atoms with van der Waals surface area (Å²) >= 11 is 0. The molecule has 0 bridgehead atoms. The minimum Gasteiger partial charge on any atom is -0.391 e. The summed E-state index contributed by atoms with van der Waals surface area (Å²) in [6.07, 6.45) is 0.382. The summed E-state index contributed by atoms with van der Waals surface area (Å²) in [4.78, 5) is 15.4. The number of hydrogen-bond acceptors (Lipinski definition) is 2. The van der Waals surface area contributed by atoms with Crippen LogP contribution in [0.5, 0.6) is 0 Å². The molecule has 3 N–H and O–H groups in total. The molecule has 1 aromatic carbocycles. The van der Waals surface area contributed by atoms with Crippen molar-refractivity contribution in [1.82, 2.24) is 10.3 Å². The first-order valence-corrected chi connectivity index (χ1v) is 7.49. The molecule has 0 radical (unpaired) electrons. The Labute approximate surface area is 125 Å². The van der Waals surface area contributed by atoms with Gasteiger partial charge < -0.3 is 15.4 Å². The Kier molecular flexibility index (Phi) is 4.68. The van der Waals surface area contributed by atoms with Crippen LogP contribution < -0.4 is 5.32 Å². The normalized spacial score (nSPS) is 14.1. The Morgan fingerprint density at radius 2 is 2.10 bits per heavy atom. The van der Waals surface area contributed by atoms with E-state index in [1.54, 1.807) is 0 Å². The topological polar surface area (TPSA) is 65.1 Å². The van der Waals surface area contributed by atoms with Crippen LogP contribution in [0.2, 0.25) is 0 Å². The summed E-state index contributed by atoms with van der Waals surface area (Å²) in [6.45, 7) is 8.27. The van der Waals surface area contributed by atoms with E-state index in [0.29, 0.717) is 5.69 Å². The van der Waals surface area contributed by atoms with E-state index in [0.717, 1.165) is 22.9 Å². The van der Waals surface area contributed by atoms with Crippen LogP contribution in [-0.2, 0) is 0 Å². The van der Waals surface area contributed by atoms with Crippen molar-refractivity contribution in [3.05, 3.63) is 35.0 Å². The lowest BCUT2D eigenvalue weighted by molar-refractivity contribution is 0.0846. The van der Waals surface area contributed by atoms with Crippen LogP contribution in [0.4, 0.5) is 0 Å². The summed E-state index contributed by atoms with van der Waals surface area (Å²) in [5.41, 5.74) is 3.66. The third-order valence-corrected chi connectivity index (χ3v) is 4.21. The third-order valence-electron chi connectivity index (χ3n) is 4.21. The second kappa shape index (κ2) is 6.31. The maximum absolute atomic E-state index is 12.3. The van der Waals surface area contributed by atoms with Crippen molar-refractivity contribution >= 4 is 16.8 Å². The summed E-state index contributed by atoms with van der Waals surface area (Å²) in [5, 5.41) is 13.8. The Hall–Kier alpha value is -1.81. The predicted octanol–water partition coefficient (Wildman–Crippen LogP) is 2.92. The zero-order valence-corrected chi connectivity index (χ0v) is 13.2. The lowest BCUT2D eigenvalue weighted by atomic mass is 10.0. The van der Waals surface area contributed by atoms with E-state index < -0.39 is 6.10 Å². The van der Waals surface area contributed by atoms with Gasteiger partial charge in [-0.3, -0.25) is 4.79 Å². The van der Waals surface area contributed by atoms with Gasteiger partial charge in [0.25, 0.3) is 5.91 Å². The number of carbonyl (C=O) groups is 1. The molecule has 0 saturated heterocycles. The van der Waals surface area contributed by atoms with Crippen LogP contribution in [-0.4, -0.2) is 28.6 Å². The van der Waals surface area contributed by atoms with Crippen molar-refractivity contribution < 1.29 is 9.90 Å². The van der Waals surface area contributed by atoms with Gasteiger partial charge in [-0.2, -0.15) is 0 Å². The van der Waals surface area contributed by atoms with Gasteiger partial charge >= 0.3 is 0 Å². The fraction of sp³-hybridized carbons (Fsp3) is 0.471. The van der Waals surface area contributed by atoms with E-state index in [9.17, 15) is 9.90 Å². The van der Waals surface area contributed by atoms with Gasteiger partial charge in [0.2, 0.25) is 0 Å². The zero-order chi connectivity index (χ0) is 15.6. The van der Waals surface area contributed by atoms with E-state index in [2.05, 4.69) is 16.4 Å². The molecule has 1 heterocycles. The van der Waals surface area contributed by atoms with Crippen molar-refractivity contribution in [1.29, 1.82) is 0 Å². The number of benzene rings is 1. The van der Waals surface area contributed by atoms with Crippen LogP contribution in [0.15, 0.2) is 18.2 Å². The second-order valence-corrected chi connectivity index (χ2v) is 5.84. The van der Waals surface area contributed by atoms with Gasteiger partial charge in [0.05, 0.1) is 6.10 Å². The highest BCUT2D eigenvalue weighted by atomic mass is 16.3. The van der Waals surface area contributed by atoms with Crippen molar-refractivity contribution in [2.45, 2.75) is 40.2 Å². The first-order chi connectivity index (χ1) is 9.93. The summed E-state index contributed by atoms with van der Waals surface area (Å²) in [6, 6.07) is 6.08. The average molecular weight is 288 g/mol. The highest BCUT2D eigenvalue weighted by Crippen LogP contribution is 2.22. The molecule has 0 saturated carbocycles. The molecule has 0 aliphatic carbocycles. The van der Waals surface area contributed by atoms with Gasteiger partial charge in [-0.15, -0.1) is 0 Å². The van der Waals surface area contributed by atoms with Gasteiger partial charge in [0.15, 0.2) is 0 Å². The van der Waals surface area contributed by atoms with Crippen molar-refractivity contribution in [2.24, 2.45) is 5.92 Å². The molecule has 4 heteroatoms. The largest absolute Gasteiger partial charge is 0.391 e. The molecule has 21 heavy (non-hydrogen) atoms. The van der Waals surface area contributed by atoms with Gasteiger partial charge in [-0.05, 0) is 37.5 Å². The van der Waals surface area contributed by atoms with E-state index in [1.165, 1.54) is 5.56 Å². The quantitative estimate of drug-likeness (QED) is 0.792. The summed E-state index contributed by atoms with van der Waals surface area (Å²) in [7, 11) is 0. The van der Waals surface area contributed by atoms with Crippen LogP contribution in [0, 0.1) is 19.8 Å². The van der Waals surface area contributed by atoms with Gasteiger partial charge in [-0.1, -0.05) is 31.9 Å². The first kappa shape index (κ1) is 15.6. The lowest BCUT2D eigenvalue weighted by Gasteiger charge is -2.17. The number of carbonyl (C=O) groups excluding carboxylic acids is 1. The Morgan fingerprint density at radius 3 is 2.76 bits per heavy atom. The molecular formula is C17H24N2O2. The van der Waals surface area contributed by atoms with Crippen LogP contribution >= 0.6 is 0 Å². The molecule has 2 unspecified atom stereocenters. The van der Waals surface area contributed by atoms with Crippen LogP contribution in [0.1, 0.15) is 41.9 Å². The van der Waals surface area contributed by atoms with E-state index in [1.807, 2.05) is 39.8 Å². The monoisotopic (exact) mass is 288 g/mol. The Balaban J connectivity index is 2.15. The number of aromatic amines is 1. The second-order valence-electron chi connectivity index (χ2n) is 5.84. The van der Waals surface area contributed by atoms with Crippen LogP contribution in [0.25, 0.3) is 10.9 Å². The Morgan fingerprint density at radius 1 is 1.38 bits per heavy atom. The number of amides is 1. The molecule has 0 spiro atoms. The molecule has 0 aliphatic heterocycles. The maximum atomic E-state index is 12.3. The highest BCUT2D eigenvalue weighted by Gasteiger charge is 2.17. The third kappa shape index (κ3) is 3.27. The number of aromatic nitrogens is 1.